The number of rotatable bonds is 8. The Kier molecular flexibility index (Phi) is 7.47. The van der Waals surface area contributed by atoms with Gasteiger partial charge < -0.3 is 10.2 Å². The first-order chi connectivity index (χ1) is 12.3. The van der Waals surface area contributed by atoms with Crippen molar-refractivity contribution in [1.82, 2.24) is 0 Å². The molecule has 3 nitrogen and oxygen atoms in total. The highest BCUT2D eigenvalue weighted by Crippen LogP contribution is 2.26. The highest BCUT2D eigenvalue weighted by molar-refractivity contribution is 7.81. The van der Waals surface area contributed by atoms with Gasteiger partial charge in [0.25, 0.3) is 0 Å². The predicted octanol–water partition coefficient (Wildman–Crippen LogP) is 4.89. The average molecular weight is 388 g/mol. The van der Waals surface area contributed by atoms with E-state index in [1.54, 1.807) is 0 Å². The highest BCUT2D eigenvalue weighted by atomic mass is 32.1. The molecule has 0 spiro atoms. The summed E-state index contributed by atoms with van der Waals surface area (Å²) in [6.07, 6.45) is 1.94. The summed E-state index contributed by atoms with van der Waals surface area (Å²) in [6.45, 7) is 5.62. The fraction of sp³-hybridized carbons (Fsp3) is 0.381. The summed E-state index contributed by atoms with van der Waals surface area (Å²) in [5, 5.41) is 3.42. The van der Waals surface area contributed by atoms with E-state index in [0.717, 1.165) is 23.5 Å². The molecule has 0 radical (unpaired) electrons. The Morgan fingerprint density at radius 2 is 1.73 bits per heavy atom. The summed E-state index contributed by atoms with van der Waals surface area (Å²) in [4.78, 5) is 6.69. The first kappa shape index (κ1) is 20.7. The van der Waals surface area contributed by atoms with Crippen LogP contribution < -0.4 is 10.2 Å². The molecule has 1 N–H and O–H groups in total. The zero-order valence-electron chi connectivity index (χ0n) is 16.0. The maximum atomic E-state index is 4.59. The minimum Gasteiger partial charge on any atom is -0.384 e. The van der Waals surface area contributed by atoms with Crippen molar-refractivity contribution in [2.24, 2.45) is 4.99 Å². The van der Waals surface area contributed by atoms with E-state index in [4.69, 9.17) is 0 Å². The number of anilines is 2. The van der Waals surface area contributed by atoms with Gasteiger partial charge in [-0.05, 0) is 49.2 Å². The number of aliphatic imine (C=N–C) groups is 1. The van der Waals surface area contributed by atoms with Gasteiger partial charge in [-0.1, -0.05) is 18.2 Å². The van der Waals surface area contributed by atoms with Crippen LogP contribution in [0.25, 0.3) is 11.1 Å². The van der Waals surface area contributed by atoms with Crippen molar-refractivity contribution in [2.75, 3.05) is 43.2 Å². The van der Waals surface area contributed by atoms with E-state index < -0.39 is 0 Å². The van der Waals surface area contributed by atoms with Crippen LogP contribution in [0.4, 0.5) is 11.4 Å². The Morgan fingerprint density at radius 3 is 2.31 bits per heavy atom. The van der Waals surface area contributed by atoms with Gasteiger partial charge in [0.05, 0.1) is 6.54 Å². The molecule has 2 aromatic rings. The van der Waals surface area contributed by atoms with Gasteiger partial charge in [-0.3, -0.25) is 4.99 Å². The van der Waals surface area contributed by atoms with E-state index in [1.165, 1.54) is 16.8 Å². The Morgan fingerprint density at radius 1 is 1.08 bits per heavy atom. The molecule has 0 aromatic heterocycles. The van der Waals surface area contributed by atoms with Crippen molar-refractivity contribution in [1.29, 1.82) is 0 Å². The molecular weight excluding hydrogens is 358 g/mol. The molecule has 140 valence electrons. The number of hydrogen-bond acceptors (Lipinski definition) is 5. The molecule has 0 fully saturated rings. The van der Waals surface area contributed by atoms with E-state index in [9.17, 15) is 0 Å². The largest absolute Gasteiger partial charge is 0.384 e. The van der Waals surface area contributed by atoms with Crippen molar-refractivity contribution < 1.29 is 0 Å². The van der Waals surface area contributed by atoms with Crippen molar-refractivity contribution in [3.8, 4) is 11.1 Å². The van der Waals surface area contributed by atoms with Gasteiger partial charge in [-0.2, -0.15) is 25.3 Å². The summed E-state index contributed by atoms with van der Waals surface area (Å²) in [6, 6.07) is 15.0. The van der Waals surface area contributed by atoms with Gasteiger partial charge in [0.1, 0.15) is 0 Å². The first-order valence-corrected chi connectivity index (χ1v) is 9.87. The average Bonchev–Trinajstić information content (AvgIpc) is 2.59. The normalized spacial score (nSPS) is 11.8. The Balaban J connectivity index is 2.31. The molecule has 0 aliphatic carbocycles. The topological polar surface area (TPSA) is 27.6 Å². The number of thiol groups is 2. The Bertz CT molecular complexity index is 732. The molecule has 26 heavy (non-hydrogen) atoms. The van der Waals surface area contributed by atoms with Gasteiger partial charge in [0.2, 0.25) is 0 Å². The second kappa shape index (κ2) is 9.38. The molecule has 2 aromatic carbocycles. The summed E-state index contributed by atoms with van der Waals surface area (Å²) in [7, 11) is 4.10. The summed E-state index contributed by atoms with van der Waals surface area (Å²) in [5.41, 5.74) is 5.73. The summed E-state index contributed by atoms with van der Waals surface area (Å²) >= 11 is 8.83. The van der Waals surface area contributed by atoms with Crippen LogP contribution in [0.2, 0.25) is 0 Å². The molecule has 0 saturated heterocycles. The van der Waals surface area contributed by atoms with Crippen LogP contribution in [0.5, 0.6) is 0 Å². The van der Waals surface area contributed by atoms with Gasteiger partial charge in [-0.15, -0.1) is 0 Å². The van der Waals surface area contributed by atoms with Crippen molar-refractivity contribution in [3.05, 3.63) is 48.0 Å². The molecule has 0 unspecified atom stereocenters. The fourth-order valence-electron chi connectivity index (χ4n) is 2.52. The van der Waals surface area contributed by atoms with Crippen LogP contribution in [0.15, 0.2) is 47.5 Å². The molecule has 0 atom stereocenters. The predicted molar refractivity (Wildman–Crippen MR) is 124 cm³/mol. The Labute approximate surface area is 168 Å². The van der Waals surface area contributed by atoms with E-state index in [2.05, 4.69) is 111 Å². The van der Waals surface area contributed by atoms with E-state index in [1.807, 2.05) is 6.21 Å². The maximum absolute atomic E-state index is 4.59. The molecule has 2 rings (SSSR count). The van der Waals surface area contributed by atoms with Crippen molar-refractivity contribution in [2.45, 2.75) is 18.6 Å². The van der Waals surface area contributed by atoms with Crippen LogP contribution in [-0.2, 0) is 0 Å². The van der Waals surface area contributed by atoms with Crippen LogP contribution in [0.1, 0.15) is 19.4 Å². The first-order valence-electron chi connectivity index (χ1n) is 8.79. The molecule has 0 saturated carbocycles. The third-order valence-electron chi connectivity index (χ3n) is 3.90. The lowest BCUT2D eigenvalue weighted by Crippen LogP contribution is -2.15. The van der Waals surface area contributed by atoms with Crippen LogP contribution >= 0.6 is 25.3 Å². The van der Waals surface area contributed by atoms with Crippen molar-refractivity contribution >= 4 is 42.8 Å². The lowest BCUT2D eigenvalue weighted by Gasteiger charge is -2.15. The lowest BCUT2D eigenvalue weighted by atomic mass is 10.0. The summed E-state index contributed by atoms with van der Waals surface area (Å²) < 4.78 is -0.116. The van der Waals surface area contributed by atoms with Crippen LogP contribution in [0, 0.1) is 0 Å². The van der Waals surface area contributed by atoms with Gasteiger partial charge in [0.15, 0.2) is 0 Å². The zero-order chi connectivity index (χ0) is 19.2. The molecule has 0 aliphatic rings. The molecule has 0 bridgehead atoms. The second-order valence-corrected chi connectivity index (χ2v) is 8.83. The van der Waals surface area contributed by atoms with Crippen LogP contribution in [0.3, 0.4) is 0 Å². The maximum Gasteiger partial charge on any atom is 0.0528 e. The number of nitrogens with one attached hydrogen (secondary N) is 1. The highest BCUT2D eigenvalue weighted by Gasteiger charge is 2.10. The molecule has 0 amide bonds. The third-order valence-corrected chi connectivity index (χ3v) is 4.27. The van der Waals surface area contributed by atoms with Gasteiger partial charge >= 0.3 is 0 Å². The van der Waals surface area contributed by atoms with E-state index in [0.29, 0.717) is 6.54 Å². The molecule has 0 heterocycles. The summed E-state index contributed by atoms with van der Waals surface area (Å²) in [5.74, 6) is 0.786. The molecule has 0 aliphatic heterocycles. The quantitative estimate of drug-likeness (QED) is 0.444. The van der Waals surface area contributed by atoms with Gasteiger partial charge in [0, 0.05) is 54.3 Å². The van der Waals surface area contributed by atoms with E-state index in [-0.39, 0.29) is 4.75 Å². The van der Waals surface area contributed by atoms with Gasteiger partial charge in [-0.25, -0.2) is 0 Å². The van der Waals surface area contributed by atoms with Crippen molar-refractivity contribution in [3.63, 3.8) is 0 Å². The minimum atomic E-state index is -0.116. The molecular formula is C21H29N3S2. The SMILES string of the molecule is CN(C)c1ccc(-c2ccc(NCCS)c(C=NCC(C)(C)S)c2)cc1. The minimum absolute atomic E-state index is 0.116. The van der Waals surface area contributed by atoms with Crippen LogP contribution in [-0.4, -0.2) is 43.9 Å². The standard InChI is InChI=1S/C21H29N3S2/c1-21(2,26)15-22-14-18-13-17(7-10-20(18)23-11-12-25)16-5-8-19(9-6-16)24(3)4/h5-10,13-14,23,25-26H,11-12,15H2,1-4H3. The smallest absolute Gasteiger partial charge is 0.0528 e. The lowest BCUT2D eigenvalue weighted by molar-refractivity contribution is 0.733. The Hall–Kier alpha value is -1.59. The zero-order valence-corrected chi connectivity index (χ0v) is 17.8. The van der Waals surface area contributed by atoms with E-state index >= 15 is 0 Å². The third kappa shape index (κ3) is 6.29. The monoisotopic (exact) mass is 387 g/mol. The number of hydrogen-bond donors (Lipinski definition) is 3. The number of nitrogens with zero attached hydrogens (tertiary/aromatic N) is 2. The second-order valence-electron chi connectivity index (χ2n) is 7.18. The molecule has 5 heteroatoms. The number of benzene rings is 2. The fourth-order valence-corrected chi connectivity index (χ4v) is 2.71.